The Labute approximate surface area is 170 Å². The molecule has 0 atom stereocenters. The van der Waals surface area contributed by atoms with Crippen LogP contribution in [0.3, 0.4) is 0 Å². The average Bonchev–Trinajstić information content (AvgIpc) is 3.26. The Morgan fingerprint density at radius 1 is 0.724 bits per heavy atom. The molecule has 4 heteroatoms. The highest BCUT2D eigenvalue weighted by molar-refractivity contribution is 5.81. The molecule has 0 aliphatic rings. The van der Waals surface area contributed by atoms with Gasteiger partial charge in [0.1, 0.15) is 11.5 Å². The van der Waals surface area contributed by atoms with Crippen molar-refractivity contribution in [3.8, 4) is 45.1 Å². The number of nitrogens with zero attached hydrogens (tertiary/aromatic N) is 1. The minimum atomic E-state index is 0.739. The summed E-state index contributed by atoms with van der Waals surface area (Å²) < 4.78 is 16.4. The van der Waals surface area contributed by atoms with Gasteiger partial charge < -0.3 is 14.0 Å². The second kappa shape index (κ2) is 7.84. The van der Waals surface area contributed by atoms with Crippen molar-refractivity contribution in [1.82, 2.24) is 5.16 Å². The summed E-state index contributed by atoms with van der Waals surface area (Å²) in [5.41, 5.74) is 7.52. The number of rotatable bonds is 5. The van der Waals surface area contributed by atoms with Gasteiger partial charge in [-0.15, -0.1) is 0 Å². The van der Waals surface area contributed by atoms with Crippen molar-refractivity contribution in [3.05, 3.63) is 78.0 Å². The van der Waals surface area contributed by atoms with Gasteiger partial charge in [0, 0.05) is 11.1 Å². The molecule has 0 bridgehead atoms. The van der Waals surface area contributed by atoms with Gasteiger partial charge in [-0.2, -0.15) is 0 Å². The van der Waals surface area contributed by atoms with Gasteiger partial charge in [-0.05, 0) is 65.9 Å². The zero-order valence-corrected chi connectivity index (χ0v) is 17.0. The van der Waals surface area contributed by atoms with E-state index >= 15 is 0 Å². The van der Waals surface area contributed by atoms with Crippen LogP contribution in [0.4, 0.5) is 0 Å². The summed E-state index contributed by atoms with van der Waals surface area (Å²) >= 11 is 0. The summed E-state index contributed by atoms with van der Waals surface area (Å²) in [5.74, 6) is 2.43. The molecule has 146 valence electrons. The summed E-state index contributed by atoms with van der Waals surface area (Å²) in [6.45, 7) is 4.12. The van der Waals surface area contributed by atoms with Gasteiger partial charge in [0.25, 0.3) is 0 Å². The van der Waals surface area contributed by atoms with Crippen molar-refractivity contribution >= 4 is 0 Å². The van der Waals surface area contributed by atoms with Gasteiger partial charge in [0.05, 0.1) is 20.4 Å². The van der Waals surface area contributed by atoms with Gasteiger partial charge in [0.2, 0.25) is 0 Å². The molecule has 0 aliphatic heterocycles. The highest BCUT2D eigenvalue weighted by Gasteiger charge is 2.16. The Hall–Kier alpha value is -3.53. The lowest BCUT2D eigenvalue weighted by Gasteiger charge is -2.11. The van der Waals surface area contributed by atoms with Gasteiger partial charge in [-0.25, -0.2) is 0 Å². The van der Waals surface area contributed by atoms with Crippen LogP contribution < -0.4 is 9.47 Å². The summed E-state index contributed by atoms with van der Waals surface area (Å²) in [7, 11) is 3.36. The molecule has 0 saturated carbocycles. The van der Waals surface area contributed by atoms with Gasteiger partial charge >= 0.3 is 0 Å². The SMILES string of the molecule is COc1ccc(-c2ccc(-c3cnoc3-c3cc(C)c(C)c(OC)c3)cc2)cc1. The largest absolute Gasteiger partial charge is 0.497 e. The fourth-order valence-corrected chi connectivity index (χ4v) is 3.45. The summed E-state index contributed by atoms with van der Waals surface area (Å²) in [6.07, 6.45) is 1.76. The van der Waals surface area contributed by atoms with E-state index in [4.69, 9.17) is 14.0 Å². The Balaban J connectivity index is 1.69. The first-order chi connectivity index (χ1) is 14.1. The maximum absolute atomic E-state index is 5.62. The number of aryl methyl sites for hydroxylation is 1. The van der Waals surface area contributed by atoms with Crippen LogP contribution in [0.2, 0.25) is 0 Å². The molecule has 0 fully saturated rings. The normalized spacial score (nSPS) is 10.8. The van der Waals surface area contributed by atoms with E-state index in [1.165, 1.54) is 0 Å². The van der Waals surface area contributed by atoms with E-state index in [1.807, 2.05) is 18.2 Å². The first-order valence-electron chi connectivity index (χ1n) is 9.46. The van der Waals surface area contributed by atoms with Crippen molar-refractivity contribution in [2.75, 3.05) is 14.2 Å². The van der Waals surface area contributed by atoms with Crippen LogP contribution >= 0.6 is 0 Å². The minimum Gasteiger partial charge on any atom is -0.497 e. The molecular formula is C25H23NO3. The Bertz CT molecular complexity index is 1130. The zero-order chi connectivity index (χ0) is 20.4. The second-order valence-corrected chi connectivity index (χ2v) is 6.99. The molecule has 4 nitrogen and oxygen atoms in total. The molecule has 0 N–H and O–H groups in total. The van der Waals surface area contributed by atoms with Crippen LogP contribution in [0, 0.1) is 13.8 Å². The molecule has 3 aromatic carbocycles. The van der Waals surface area contributed by atoms with E-state index < -0.39 is 0 Å². The monoisotopic (exact) mass is 385 g/mol. The standard InChI is InChI=1S/C25H23NO3/c1-16-13-21(14-24(28-4)17(16)2)25-23(15-26-29-25)20-7-5-18(6-8-20)19-9-11-22(27-3)12-10-19/h5-15H,1-4H3. The van der Waals surface area contributed by atoms with E-state index in [0.717, 1.165) is 56.2 Å². The molecule has 0 radical (unpaired) electrons. The Morgan fingerprint density at radius 3 is 1.97 bits per heavy atom. The number of hydrogen-bond donors (Lipinski definition) is 0. The highest BCUT2D eigenvalue weighted by atomic mass is 16.5. The van der Waals surface area contributed by atoms with Crippen molar-refractivity contribution in [2.24, 2.45) is 0 Å². The minimum absolute atomic E-state index is 0.739. The number of ether oxygens (including phenoxy) is 2. The van der Waals surface area contributed by atoms with Crippen molar-refractivity contribution in [3.63, 3.8) is 0 Å². The number of aromatic nitrogens is 1. The third-order valence-corrected chi connectivity index (χ3v) is 5.29. The van der Waals surface area contributed by atoms with Crippen LogP contribution in [-0.2, 0) is 0 Å². The molecule has 29 heavy (non-hydrogen) atoms. The topological polar surface area (TPSA) is 44.5 Å². The Kier molecular flexibility index (Phi) is 5.09. The molecule has 0 unspecified atom stereocenters. The predicted octanol–water partition coefficient (Wildman–Crippen LogP) is 6.31. The van der Waals surface area contributed by atoms with E-state index in [1.54, 1.807) is 20.4 Å². The molecular weight excluding hydrogens is 362 g/mol. The van der Waals surface area contributed by atoms with Crippen molar-refractivity contribution in [2.45, 2.75) is 13.8 Å². The van der Waals surface area contributed by atoms with Gasteiger partial charge in [-0.3, -0.25) is 0 Å². The van der Waals surface area contributed by atoms with Crippen molar-refractivity contribution in [1.29, 1.82) is 0 Å². The first-order valence-corrected chi connectivity index (χ1v) is 9.46. The third kappa shape index (κ3) is 3.61. The van der Waals surface area contributed by atoms with Gasteiger partial charge in [0.15, 0.2) is 5.76 Å². The number of hydrogen-bond acceptors (Lipinski definition) is 4. The molecule has 1 aromatic heterocycles. The van der Waals surface area contributed by atoms with Crippen LogP contribution in [-0.4, -0.2) is 19.4 Å². The molecule has 0 amide bonds. The molecule has 4 aromatic rings. The molecule has 1 heterocycles. The third-order valence-electron chi connectivity index (χ3n) is 5.29. The summed E-state index contributed by atoms with van der Waals surface area (Å²) in [4.78, 5) is 0. The molecule has 0 saturated heterocycles. The lowest BCUT2D eigenvalue weighted by atomic mass is 9.97. The predicted molar refractivity (Wildman–Crippen MR) is 115 cm³/mol. The smallest absolute Gasteiger partial charge is 0.174 e. The van der Waals surface area contributed by atoms with Crippen molar-refractivity contribution < 1.29 is 14.0 Å². The van der Waals surface area contributed by atoms with E-state index in [9.17, 15) is 0 Å². The lowest BCUT2D eigenvalue weighted by Crippen LogP contribution is -1.92. The number of benzene rings is 3. The molecule has 0 aliphatic carbocycles. The molecule has 4 rings (SSSR count). The second-order valence-electron chi connectivity index (χ2n) is 6.99. The van der Waals surface area contributed by atoms with Crippen LogP contribution in [0.25, 0.3) is 33.6 Å². The molecule has 0 spiro atoms. The quantitative estimate of drug-likeness (QED) is 0.404. The highest BCUT2D eigenvalue weighted by Crippen LogP contribution is 2.36. The lowest BCUT2D eigenvalue weighted by molar-refractivity contribution is 0.410. The number of methoxy groups -OCH3 is 2. The summed E-state index contributed by atoms with van der Waals surface area (Å²) in [6, 6.07) is 20.5. The average molecular weight is 385 g/mol. The first kappa shape index (κ1) is 18.8. The zero-order valence-electron chi connectivity index (χ0n) is 17.0. The van der Waals surface area contributed by atoms with Crippen LogP contribution in [0.5, 0.6) is 11.5 Å². The summed E-state index contributed by atoms with van der Waals surface area (Å²) in [5, 5.41) is 4.05. The van der Waals surface area contributed by atoms with Crippen LogP contribution in [0.1, 0.15) is 11.1 Å². The maximum atomic E-state index is 5.62. The maximum Gasteiger partial charge on any atom is 0.174 e. The fourth-order valence-electron chi connectivity index (χ4n) is 3.45. The van der Waals surface area contributed by atoms with E-state index in [0.29, 0.717) is 0 Å². The van der Waals surface area contributed by atoms with E-state index in [2.05, 4.69) is 61.5 Å². The fraction of sp³-hybridized carbons (Fsp3) is 0.160. The van der Waals surface area contributed by atoms with E-state index in [-0.39, 0.29) is 0 Å². The van der Waals surface area contributed by atoms with Crippen LogP contribution in [0.15, 0.2) is 71.4 Å². The Morgan fingerprint density at radius 2 is 1.34 bits per heavy atom. The van der Waals surface area contributed by atoms with Gasteiger partial charge in [-0.1, -0.05) is 41.6 Å².